The first-order valence-electron chi connectivity index (χ1n) is 12.7. The minimum atomic E-state index is -0.0696. The third-order valence-corrected chi connectivity index (χ3v) is 10.6. The van der Waals surface area contributed by atoms with Gasteiger partial charge in [0.25, 0.3) is 0 Å². The molecule has 29 heavy (non-hydrogen) atoms. The van der Waals surface area contributed by atoms with Crippen LogP contribution in [0.4, 0.5) is 0 Å². The molecular weight excluding hydrogens is 352 g/mol. The highest BCUT2D eigenvalue weighted by atomic mass is 16.3. The zero-order valence-corrected chi connectivity index (χ0v) is 19.9. The predicted octanol–water partition coefficient (Wildman–Crippen LogP) is 7.27. The molecule has 2 unspecified atom stereocenters. The molecule has 0 spiro atoms. The summed E-state index contributed by atoms with van der Waals surface area (Å²) < 4.78 is 0. The van der Waals surface area contributed by atoms with Crippen LogP contribution < -0.4 is 0 Å². The van der Waals surface area contributed by atoms with Crippen LogP contribution in [-0.2, 0) is 0 Å². The van der Waals surface area contributed by atoms with Crippen molar-refractivity contribution in [3.63, 3.8) is 0 Å². The lowest BCUT2D eigenvalue weighted by Crippen LogP contribution is -2.52. The number of allylic oxidation sites excluding steroid dienone is 4. The molecule has 4 rings (SSSR count). The first-order chi connectivity index (χ1) is 13.7. The fourth-order valence-electron chi connectivity index (χ4n) is 8.21. The zero-order valence-electron chi connectivity index (χ0n) is 19.9. The summed E-state index contributed by atoms with van der Waals surface area (Å²) in [6.07, 6.45) is 19.1. The summed E-state index contributed by atoms with van der Waals surface area (Å²) in [5.74, 6) is 6.04. The van der Waals surface area contributed by atoms with Crippen LogP contribution in [0.2, 0.25) is 0 Å². The Balaban J connectivity index is 1.53. The van der Waals surface area contributed by atoms with Crippen molar-refractivity contribution >= 4 is 0 Å². The van der Waals surface area contributed by atoms with E-state index >= 15 is 0 Å². The molecule has 0 radical (unpaired) electrons. The Labute approximate surface area is 180 Å². The molecule has 1 nitrogen and oxygen atoms in total. The van der Waals surface area contributed by atoms with Crippen LogP contribution in [0.25, 0.3) is 0 Å². The molecule has 4 aliphatic carbocycles. The Bertz CT molecular complexity index is 647. The Hall–Kier alpha value is -0.560. The zero-order chi connectivity index (χ0) is 21.0. The number of aliphatic hydroxyl groups excluding tert-OH is 1. The van der Waals surface area contributed by atoms with Crippen molar-refractivity contribution < 1.29 is 5.11 Å². The summed E-state index contributed by atoms with van der Waals surface area (Å²) in [6.45, 7) is 14.7. The van der Waals surface area contributed by atoms with Gasteiger partial charge in [-0.2, -0.15) is 0 Å². The average Bonchev–Trinajstić information content (AvgIpc) is 3.03. The van der Waals surface area contributed by atoms with E-state index in [-0.39, 0.29) is 6.10 Å². The van der Waals surface area contributed by atoms with Crippen LogP contribution >= 0.6 is 0 Å². The summed E-state index contributed by atoms with van der Waals surface area (Å²) >= 11 is 0. The lowest BCUT2D eigenvalue weighted by atomic mass is 9.46. The van der Waals surface area contributed by atoms with Crippen LogP contribution in [0, 0.1) is 58.2 Å². The molecule has 1 N–H and O–H groups in total. The molecule has 3 saturated carbocycles. The molecule has 0 saturated heterocycles. The summed E-state index contributed by atoms with van der Waals surface area (Å²) in [5, 5.41) is 10.2. The number of aliphatic hydroxyl groups is 1. The molecule has 164 valence electrons. The van der Waals surface area contributed by atoms with Gasteiger partial charge in [-0.3, -0.25) is 0 Å². The second kappa shape index (κ2) is 7.85. The van der Waals surface area contributed by atoms with Crippen molar-refractivity contribution in [3.05, 3.63) is 24.3 Å². The van der Waals surface area contributed by atoms with Crippen molar-refractivity contribution in [1.82, 2.24) is 0 Å². The van der Waals surface area contributed by atoms with Crippen molar-refractivity contribution in [2.75, 3.05) is 0 Å². The minimum Gasteiger partial charge on any atom is -0.393 e. The molecule has 10 atom stereocenters. The first-order valence-corrected chi connectivity index (χ1v) is 12.7. The van der Waals surface area contributed by atoms with Crippen molar-refractivity contribution in [1.29, 1.82) is 0 Å². The van der Waals surface area contributed by atoms with E-state index in [1.54, 1.807) is 0 Å². The van der Waals surface area contributed by atoms with Gasteiger partial charge >= 0.3 is 0 Å². The van der Waals surface area contributed by atoms with Crippen LogP contribution in [-0.4, -0.2) is 11.2 Å². The van der Waals surface area contributed by atoms with Gasteiger partial charge in [-0.25, -0.2) is 0 Å². The molecular formula is C28H46O. The highest BCUT2D eigenvalue weighted by Crippen LogP contribution is 2.66. The van der Waals surface area contributed by atoms with E-state index in [4.69, 9.17) is 0 Å². The highest BCUT2D eigenvalue weighted by molar-refractivity contribution is 5.18. The van der Waals surface area contributed by atoms with Crippen molar-refractivity contribution in [3.8, 4) is 0 Å². The van der Waals surface area contributed by atoms with Crippen LogP contribution in [0.3, 0.4) is 0 Å². The number of fused-ring (bicyclic) bond motifs is 5. The molecule has 0 aromatic heterocycles. The summed E-state index contributed by atoms with van der Waals surface area (Å²) in [4.78, 5) is 0. The van der Waals surface area contributed by atoms with E-state index in [0.717, 1.165) is 42.4 Å². The van der Waals surface area contributed by atoms with E-state index in [0.29, 0.717) is 28.6 Å². The third-order valence-electron chi connectivity index (χ3n) is 10.6. The summed E-state index contributed by atoms with van der Waals surface area (Å²) in [7, 11) is 0. The van der Waals surface area contributed by atoms with Crippen molar-refractivity contribution in [2.45, 2.75) is 92.6 Å². The minimum absolute atomic E-state index is 0.0696. The van der Waals surface area contributed by atoms with Gasteiger partial charge in [0.05, 0.1) is 6.10 Å². The molecule has 1 heteroatoms. The normalized spacial score (nSPS) is 49.0. The largest absolute Gasteiger partial charge is 0.393 e. The Morgan fingerprint density at radius 3 is 2.28 bits per heavy atom. The lowest BCUT2D eigenvalue weighted by Gasteiger charge is -2.59. The van der Waals surface area contributed by atoms with Crippen LogP contribution in [0.5, 0.6) is 0 Å². The highest BCUT2D eigenvalue weighted by Gasteiger charge is 2.59. The summed E-state index contributed by atoms with van der Waals surface area (Å²) in [5.41, 5.74) is 0.935. The smallest absolute Gasteiger partial charge is 0.0546 e. The molecule has 0 aromatic rings. The first kappa shape index (κ1) is 21.7. The maximum Gasteiger partial charge on any atom is 0.0546 e. The molecule has 3 fully saturated rings. The second-order valence-corrected chi connectivity index (χ2v) is 12.3. The quantitative estimate of drug-likeness (QED) is 0.494. The molecule has 0 heterocycles. The van der Waals surface area contributed by atoms with Gasteiger partial charge in [0.15, 0.2) is 0 Å². The molecule has 4 aliphatic rings. The molecule has 0 amide bonds. The van der Waals surface area contributed by atoms with Gasteiger partial charge in [0.2, 0.25) is 0 Å². The SMILES string of the molecule is CC(C)C(C)C=C[C@@H](C)[C@H]1CC[C@H]2[C@@H]3C=CC4C[C@@H](O)CC[C@]4(C)[C@H]3CC[C@]12C. The monoisotopic (exact) mass is 398 g/mol. The van der Waals surface area contributed by atoms with Crippen LogP contribution in [0.15, 0.2) is 24.3 Å². The second-order valence-electron chi connectivity index (χ2n) is 12.3. The van der Waals surface area contributed by atoms with E-state index in [2.05, 4.69) is 65.8 Å². The number of hydrogen-bond donors (Lipinski definition) is 1. The molecule has 0 bridgehead atoms. The van der Waals surface area contributed by atoms with Gasteiger partial charge in [-0.05, 0) is 103 Å². The van der Waals surface area contributed by atoms with E-state index < -0.39 is 0 Å². The standard InChI is InChI=1S/C28H46O/c1-18(2)19(3)7-8-20(4)24-11-12-25-23-10-9-21-17-22(29)13-15-27(21,5)26(23)14-16-28(24,25)6/h7-10,18-26,29H,11-17H2,1-6H3/t19?,20-,21?,22+,23+,24-,25+,26+,27+,28-/m1/s1. The average molecular weight is 399 g/mol. The van der Waals surface area contributed by atoms with Gasteiger partial charge < -0.3 is 5.11 Å². The topological polar surface area (TPSA) is 20.2 Å². The molecule has 0 aliphatic heterocycles. The predicted molar refractivity (Wildman–Crippen MR) is 123 cm³/mol. The third kappa shape index (κ3) is 3.58. The maximum atomic E-state index is 10.2. The lowest BCUT2D eigenvalue weighted by molar-refractivity contribution is -0.0795. The Morgan fingerprint density at radius 2 is 1.55 bits per heavy atom. The molecule has 0 aromatic carbocycles. The van der Waals surface area contributed by atoms with E-state index in [1.165, 1.54) is 32.1 Å². The van der Waals surface area contributed by atoms with Crippen LogP contribution in [0.1, 0.15) is 86.5 Å². The van der Waals surface area contributed by atoms with Gasteiger partial charge in [0.1, 0.15) is 0 Å². The van der Waals surface area contributed by atoms with Crippen molar-refractivity contribution in [2.24, 2.45) is 58.2 Å². The number of hydrogen-bond acceptors (Lipinski definition) is 1. The van der Waals surface area contributed by atoms with E-state index in [1.807, 2.05) is 0 Å². The van der Waals surface area contributed by atoms with Gasteiger partial charge in [-0.15, -0.1) is 0 Å². The van der Waals surface area contributed by atoms with E-state index in [9.17, 15) is 5.11 Å². The summed E-state index contributed by atoms with van der Waals surface area (Å²) in [6, 6.07) is 0. The number of rotatable bonds is 4. The fourth-order valence-corrected chi connectivity index (χ4v) is 8.21. The fraction of sp³-hybridized carbons (Fsp3) is 0.857. The Morgan fingerprint density at radius 1 is 0.862 bits per heavy atom. The maximum absolute atomic E-state index is 10.2. The van der Waals surface area contributed by atoms with Gasteiger partial charge in [-0.1, -0.05) is 65.8 Å². The van der Waals surface area contributed by atoms with Gasteiger partial charge in [0, 0.05) is 0 Å². The Kier molecular flexibility index (Phi) is 5.86.